The fourth-order valence-corrected chi connectivity index (χ4v) is 3.12. The molecule has 0 unspecified atom stereocenters. The van der Waals surface area contributed by atoms with Crippen LogP contribution in [0, 0.1) is 0 Å². The first kappa shape index (κ1) is 17.6. The molecule has 0 radical (unpaired) electrons. The quantitative estimate of drug-likeness (QED) is 0.409. The smallest absolute Gasteiger partial charge is 0.167 e. The normalized spacial score (nSPS) is 25.1. The summed E-state index contributed by atoms with van der Waals surface area (Å²) in [5.74, 6) is 0.626. The molecule has 0 amide bonds. The molecular weight excluding hydrogens is 354 g/mol. The maximum atomic E-state index is 10.2. The molecule has 1 fully saturated rings. The van der Waals surface area contributed by atoms with Crippen molar-refractivity contribution in [3.8, 4) is 5.75 Å². The van der Waals surface area contributed by atoms with Gasteiger partial charge in [0.15, 0.2) is 23.2 Å². The second kappa shape index (κ2) is 7.08. The van der Waals surface area contributed by atoms with Crippen LogP contribution in [-0.4, -0.2) is 64.9 Å². The highest BCUT2D eigenvalue weighted by Crippen LogP contribution is 2.32. The van der Waals surface area contributed by atoms with E-state index in [9.17, 15) is 20.4 Å². The van der Waals surface area contributed by atoms with E-state index < -0.39 is 31.1 Å². The lowest BCUT2D eigenvalue weighted by Gasteiger charge is -2.16. The van der Waals surface area contributed by atoms with Gasteiger partial charge in [0.1, 0.15) is 30.4 Å². The van der Waals surface area contributed by atoms with Crippen LogP contribution in [0.4, 0.5) is 5.82 Å². The van der Waals surface area contributed by atoms with Crippen LogP contribution in [0.15, 0.2) is 36.9 Å². The van der Waals surface area contributed by atoms with E-state index in [-0.39, 0.29) is 5.75 Å². The van der Waals surface area contributed by atoms with Crippen molar-refractivity contribution < 1.29 is 25.2 Å². The fraction of sp³-hybridized carbons (Fsp3) is 0.353. The minimum atomic E-state index is -1.23. The number of aliphatic hydroxyl groups is 3. The first-order valence-electron chi connectivity index (χ1n) is 8.41. The molecule has 1 saturated heterocycles. The topological polar surface area (TPSA) is 146 Å². The van der Waals surface area contributed by atoms with Crippen molar-refractivity contribution in [2.75, 3.05) is 11.9 Å². The van der Waals surface area contributed by atoms with Crippen molar-refractivity contribution in [1.82, 2.24) is 19.5 Å². The molecular formula is C17H19N5O5. The van der Waals surface area contributed by atoms with Crippen LogP contribution < -0.4 is 5.32 Å². The monoisotopic (exact) mass is 373 g/mol. The Balaban J connectivity index is 1.61. The third-order valence-electron chi connectivity index (χ3n) is 4.59. The van der Waals surface area contributed by atoms with E-state index >= 15 is 0 Å². The summed E-state index contributed by atoms with van der Waals surface area (Å²) in [6, 6.07) is 6.95. The average Bonchev–Trinajstić information content (AvgIpc) is 3.23. The summed E-state index contributed by atoms with van der Waals surface area (Å²) in [6.07, 6.45) is -1.48. The van der Waals surface area contributed by atoms with Gasteiger partial charge in [0.25, 0.3) is 0 Å². The number of imidazole rings is 1. The number of anilines is 1. The second-order valence-electron chi connectivity index (χ2n) is 6.26. The number of aliphatic hydroxyl groups excluding tert-OH is 3. The number of benzene rings is 1. The molecule has 3 aromatic rings. The van der Waals surface area contributed by atoms with Gasteiger partial charge in [-0.25, -0.2) is 15.0 Å². The van der Waals surface area contributed by atoms with Crippen LogP contribution >= 0.6 is 0 Å². The van der Waals surface area contributed by atoms with Gasteiger partial charge in [-0.3, -0.25) is 4.57 Å². The maximum Gasteiger partial charge on any atom is 0.167 e. The molecule has 142 valence electrons. The Morgan fingerprint density at radius 3 is 2.67 bits per heavy atom. The third-order valence-corrected chi connectivity index (χ3v) is 4.59. The lowest BCUT2D eigenvalue weighted by molar-refractivity contribution is -0.0511. The van der Waals surface area contributed by atoms with Crippen LogP contribution in [-0.2, 0) is 11.3 Å². The van der Waals surface area contributed by atoms with Crippen molar-refractivity contribution in [3.05, 3.63) is 42.5 Å². The molecule has 0 aliphatic carbocycles. The number of phenols is 1. The van der Waals surface area contributed by atoms with E-state index in [4.69, 9.17) is 4.74 Å². The summed E-state index contributed by atoms with van der Waals surface area (Å²) in [4.78, 5) is 12.7. The largest absolute Gasteiger partial charge is 0.508 e. The number of rotatable bonds is 5. The van der Waals surface area contributed by atoms with Crippen molar-refractivity contribution in [2.24, 2.45) is 0 Å². The lowest BCUT2D eigenvalue weighted by atomic mass is 10.1. The SMILES string of the molecule is OC[C@H]1O[C@@H](n2cnc3c(NCc4ccccc4O)ncnc32)[C@@H](O)[C@@H]1O. The van der Waals surface area contributed by atoms with E-state index in [0.29, 0.717) is 29.1 Å². The number of ether oxygens (including phenoxy) is 1. The predicted molar refractivity (Wildman–Crippen MR) is 93.8 cm³/mol. The molecule has 10 heteroatoms. The minimum Gasteiger partial charge on any atom is -0.508 e. The van der Waals surface area contributed by atoms with Crippen LogP contribution in [0.5, 0.6) is 5.75 Å². The highest BCUT2D eigenvalue weighted by Gasteiger charge is 2.44. The fourth-order valence-electron chi connectivity index (χ4n) is 3.12. The molecule has 4 rings (SSSR count). The van der Waals surface area contributed by atoms with Gasteiger partial charge in [0.2, 0.25) is 0 Å². The summed E-state index contributed by atoms with van der Waals surface area (Å²) in [6.45, 7) is -0.0801. The molecule has 2 aromatic heterocycles. The van der Waals surface area contributed by atoms with Crippen LogP contribution in [0.25, 0.3) is 11.2 Å². The number of hydrogen-bond acceptors (Lipinski definition) is 9. The Labute approximate surface area is 153 Å². The molecule has 0 saturated carbocycles. The Hall–Kier alpha value is -2.79. The molecule has 1 aromatic carbocycles. The first-order chi connectivity index (χ1) is 13.1. The van der Waals surface area contributed by atoms with Crippen molar-refractivity contribution in [1.29, 1.82) is 0 Å². The van der Waals surface area contributed by atoms with Gasteiger partial charge in [-0.15, -0.1) is 0 Å². The highest BCUT2D eigenvalue weighted by atomic mass is 16.6. The van der Waals surface area contributed by atoms with Gasteiger partial charge < -0.3 is 30.5 Å². The summed E-state index contributed by atoms with van der Waals surface area (Å²) in [7, 11) is 0. The first-order valence-corrected chi connectivity index (χ1v) is 8.41. The minimum absolute atomic E-state index is 0.173. The number of hydrogen-bond donors (Lipinski definition) is 5. The third kappa shape index (κ3) is 3.08. The zero-order valence-electron chi connectivity index (χ0n) is 14.2. The Kier molecular flexibility index (Phi) is 4.62. The molecule has 10 nitrogen and oxygen atoms in total. The number of nitrogens with zero attached hydrogens (tertiary/aromatic N) is 4. The summed E-state index contributed by atoms with van der Waals surface area (Å²) < 4.78 is 7.02. The van der Waals surface area contributed by atoms with Gasteiger partial charge in [0.05, 0.1) is 12.9 Å². The van der Waals surface area contributed by atoms with Gasteiger partial charge in [-0.05, 0) is 6.07 Å². The second-order valence-corrected chi connectivity index (χ2v) is 6.26. The molecule has 0 spiro atoms. The molecule has 3 heterocycles. The predicted octanol–water partition coefficient (Wildman–Crippen LogP) is -0.245. The summed E-state index contributed by atoms with van der Waals surface area (Å²) in [5, 5.41) is 42.4. The maximum absolute atomic E-state index is 10.2. The standard InChI is InChI=1S/C17H19N5O5/c23-6-11-13(25)14(26)17(27-11)22-8-21-12-15(19-7-20-16(12)22)18-5-9-3-1-2-4-10(9)24/h1-4,7-8,11,13-14,17,23-26H,5-6H2,(H,18,19,20)/t11-,13-,14+,17-/m1/s1. The van der Waals surface area contributed by atoms with E-state index in [0.717, 1.165) is 0 Å². The van der Waals surface area contributed by atoms with E-state index in [2.05, 4.69) is 20.3 Å². The van der Waals surface area contributed by atoms with Crippen LogP contribution in [0.1, 0.15) is 11.8 Å². The Morgan fingerprint density at radius 2 is 1.93 bits per heavy atom. The average molecular weight is 373 g/mol. The zero-order chi connectivity index (χ0) is 19.0. The number of aromatic hydroxyl groups is 1. The summed E-state index contributed by atoms with van der Waals surface area (Å²) in [5.41, 5.74) is 1.55. The number of aromatic nitrogens is 4. The van der Waals surface area contributed by atoms with Crippen LogP contribution in [0.2, 0.25) is 0 Å². The molecule has 4 atom stereocenters. The summed E-state index contributed by atoms with van der Waals surface area (Å²) >= 11 is 0. The highest BCUT2D eigenvalue weighted by molar-refractivity contribution is 5.82. The van der Waals surface area contributed by atoms with Gasteiger partial charge >= 0.3 is 0 Å². The number of fused-ring (bicyclic) bond motifs is 1. The van der Waals surface area contributed by atoms with Gasteiger partial charge in [-0.2, -0.15) is 0 Å². The molecule has 27 heavy (non-hydrogen) atoms. The zero-order valence-corrected chi connectivity index (χ0v) is 14.2. The number of nitrogens with one attached hydrogen (secondary N) is 1. The van der Waals surface area contributed by atoms with Crippen molar-refractivity contribution in [3.63, 3.8) is 0 Å². The molecule has 0 bridgehead atoms. The van der Waals surface area contributed by atoms with Gasteiger partial charge in [0, 0.05) is 12.1 Å². The van der Waals surface area contributed by atoms with E-state index in [1.807, 2.05) is 6.07 Å². The molecule has 1 aliphatic heterocycles. The lowest BCUT2D eigenvalue weighted by Crippen LogP contribution is -2.33. The number of para-hydroxylation sites is 1. The molecule has 5 N–H and O–H groups in total. The van der Waals surface area contributed by atoms with E-state index in [1.54, 1.807) is 18.2 Å². The van der Waals surface area contributed by atoms with Crippen molar-refractivity contribution >= 4 is 17.0 Å². The van der Waals surface area contributed by atoms with Crippen molar-refractivity contribution in [2.45, 2.75) is 31.1 Å². The van der Waals surface area contributed by atoms with Crippen LogP contribution in [0.3, 0.4) is 0 Å². The van der Waals surface area contributed by atoms with Gasteiger partial charge in [-0.1, -0.05) is 18.2 Å². The Morgan fingerprint density at radius 1 is 1.11 bits per heavy atom. The Bertz CT molecular complexity index is 948. The van der Waals surface area contributed by atoms with E-state index in [1.165, 1.54) is 17.2 Å². The number of phenolic OH excluding ortho intramolecular Hbond substituents is 1. The molecule has 1 aliphatic rings.